The number of aromatic amines is 1. The van der Waals surface area contributed by atoms with Gasteiger partial charge in [0.25, 0.3) is 0 Å². The molecule has 2 heterocycles. The lowest BCUT2D eigenvalue weighted by Gasteiger charge is -1.99. The monoisotopic (exact) mass is 256 g/mol. The summed E-state index contributed by atoms with van der Waals surface area (Å²) in [5.74, 6) is 1.25. The van der Waals surface area contributed by atoms with Crippen LogP contribution in [0.25, 0.3) is 22.6 Å². The van der Waals surface area contributed by atoms with Crippen molar-refractivity contribution in [3.8, 4) is 11.4 Å². The van der Waals surface area contributed by atoms with Crippen molar-refractivity contribution in [1.29, 1.82) is 0 Å². The van der Waals surface area contributed by atoms with E-state index in [1.807, 2.05) is 19.2 Å². The number of halogens is 1. The highest BCUT2D eigenvalue weighted by Gasteiger charge is 2.08. The maximum Gasteiger partial charge on any atom is 0.180 e. The van der Waals surface area contributed by atoms with Gasteiger partial charge >= 0.3 is 0 Å². The highest BCUT2D eigenvalue weighted by atomic mass is 19.1. The van der Waals surface area contributed by atoms with Crippen LogP contribution in [-0.2, 0) is 0 Å². The Morgan fingerprint density at radius 1 is 1.16 bits per heavy atom. The van der Waals surface area contributed by atoms with E-state index in [4.69, 9.17) is 0 Å². The Morgan fingerprint density at radius 3 is 2.74 bits per heavy atom. The van der Waals surface area contributed by atoms with E-state index >= 15 is 0 Å². The molecule has 0 saturated carbocycles. The quantitative estimate of drug-likeness (QED) is 0.740. The second-order valence-electron chi connectivity index (χ2n) is 4.37. The molecular weight excluding hydrogens is 243 g/mol. The van der Waals surface area contributed by atoms with E-state index in [1.165, 1.54) is 6.07 Å². The van der Waals surface area contributed by atoms with E-state index in [9.17, 15) is 4.39 Å². The predicted molar refractivity (Wildman–Crippen MR) is 73.6 cm³/mol. The number of hydrogen-bond donors (Lipinski definition) is 2. The van der Waals surface area contributed by atoms with Gasteiger partial charge in [-0.15, -0.1) is 0 Å². The molecule has 3 aromatic rings. The number of aromatic nitrogens is 3. The standard InChI is InChI=1S/C14H13FN4/c1-8-7-9(3-4-10(8)15)13-17-11-5-6-12(16-2)18-14(11)19-13/h3-7H,1-2H3,(H2,16,17,18,19). The molecular formula is C14H13FN4. The molecule has 0 atom stereocenters. The summed E-state index contributed by atoms with van der Waals surface area (Å²) in [4.78, 5) is 12.0. The summed E-state index contributed by atoms with van der Waals surface area (Å²) in [6.07, 6.45) is 0. The number of H-pyrrole nitrogens is 1. The summed E-state index contributed by atoms with van der Waals surface area (Å²) in [5, 5.41) is 2.97. The minimum absolute atomic E-state index is 0.213. The molecule has 1 aromatic carbocycles. The van der Waals surface area contributed by atoms with E-state index in [-0.39, 0.29) is 5.82 Å². The van der Waals surface area contributed by atoms with Gasteiger partial charge in [-0.25, -0.2) is 14.4 Å². The van der Waals surface area contributed by atoms with Crippen molar-refractivity contribution in [1.82, 2.24) is 15.0 Å². The number of fused-ring (bicyclic) bond motifs is 1. The Kier molecular flexibility index (Phi) is 2.67. The molecule has 0 aliphatic heterocycles. The highest BCUT2D eigenvalue weighted by Crippen LogP contribution is 2.22. The van der Waals surface area contributed by atoms with Gasteiger partial charge in [-0.1, -0.05) is 0 Å². The molecule has 0 bridgehead atoms. The fourth-order valence-corrected chi connectivity index (χ4v) is 1.96. The number of benzene rings is 1. The van der Waals surface area contributed by atoms with Gasteiger partial charge in [-0.2, -0.15) is 0 Å². The molecule has 0 radical (unpaired) electrons. The van der Waals surface area contributed by atoms with Gasteiger partial charge in [-0.3, -0.25) is 0 Å². The van der Waals surface area contributed by atoms with Crippen LogP contribution < -0.4 is 5.32 Å². The second kappa shape index (κ2) is 4.35. The van der Waals surface area contributed by atoms with Crippen molar-refractivity contribution in [2.75, 3.05) is 12.4 Å². The third kappa shape index (κ3) is 2.03. The average molecular weight is 256 g/mol. The lowest BCUT2D eigenvalue weighted by Crippen LogP contribution is -1.91. The Balaban J connectivity index is 2.11. The minimum atomic E-state index is -0.213. The Hall–Kier alpha value is -2.43. The lowest BCUT2D eigenvalue weighted by molar-refractivity contribution is 0.618. The molecule has 4 nitrogen and oxygen atoms in total. The molecule has 0 amide bonds. The summed E-state index contributed by atoms with van der Waals surface area (Å²) >= 11 is 0. The van der Waals surface area contributed by atoms with Crippen LogP contribution in [0.4, 0.5) is 10.2 Å². The number of rotatable bonds is 2. The zero-order chi connectivity index (χ0) is 13.4. The molecule has 2 N–H and O–H groups in total. The maximum atomic E-state index is 13.3. The molecule has 3 rings (SSSR count). The van der Waals surface area contributed by atoms with E-state index in [2.05, 4.69) is 20.3 Å². The Morgan fingerprint density at radius 2 is 2.00 bits per heavy atom. The van der Waals surface area contributed by atoms with Crippen LogP contribution >= 0.6 is 0 Å². The second-order valence-corrected chi connectivity index (χ2v) is 4.37. The number of imidazole rings is 1. The van der Waals surface area contributed by atoms with Crippen LogP contribution in [0.2, 0.25) is 0 Å². The van der Waals surface area contributed by atoms with Gasteiger partial charge < -0.3 is 10.3 Å². The SMILES string of the molecule is CNc1ccc2[nH]c(-c3ccc(F)c(C)c3)nc2n1. The van der Waals surface area contributed by atoms with Crippen molar-refractivity contribution in [2.45, 2.75) is 6.92 Å². The van der Waals surface area contributed by atoms with E-state index < -0.39 is 0 Å². The topological polar surface area (TPSA) is 53.6 Å². The van der Waals surface area contributed by atoms with Crippen molar-refractivity contribution in [2.24, 2.45) is 0 Å². The Bertz CT molecular complexity index is 748. The van der Waals surface area contributed by atoms with Crippen LogP contribution in [-0.4, -0.2) is 22.0 Å². The van der Waals surface area contributed by atoms with E-state index in [0.717, 1.165) is 16.9 Å². The van der Waals surface area contributed by atoms with Gasteiger partial charge in [0.2, 0.25) is 0 Å². The van der Waals surface area contributed by atoms with Crippen LogP contribution in [0.1, 0.15) is 5.56 Å². The molecule has 19 heavy (non-hydrogen) atoms. The fourth-order valence-electron chi connectivity index (χ4n) is 1.96. The predicted octanol–water partition coefficient (Wildman–Crippen LogP) is 3.11. The van der Waals surface area contributed by atoms with Gasteiger partial charge in [-0.05, 0) is 42.8 Å². The van der Waals surface area contributed by atoms with Gasteiger partial charge in [0.1, 0.15) is 17.5 Å². The highest BCUT2D eigenvalue weighted by molar-refractivity contribution is 5.77. The third-order valence-electron chi connectivity index (χ3n) is 3.03. The van der Waals surface area contributed by atoms with Crippen LogP contribution in [0, 0.1) is 12.7 Å². The molecule has 0 aliphatic carbocycles. The Labute approximate surface area is 109 Å². The van der Waals surface area contributed by atoms with Gasteiger partial charge in [0, 0.05) is 12.6 Å². The normalized spacial score (nSPS) is 10.9. The minimum Gasteiger partial charge on any atom is -0.373 e. The largest absolute Gasteiger partial charge is 0.373 e. The molecule has 5 heteroatoms. The summed E-state index contributed by atoms with van der Waals surface area (Å²) in [7, 11) is 1.81. The molecule has 0 fully saturated rings. The number of nitrogens with one attached hydrogen (secondary N) is 2. The smallest absolute Gasteiger partial charge is 0.180 e. The zero-order valence-corrected chi connectivity index (χ0v) is 10.7. The number of anilines is 1. The summed E-state index contributed by atoms with van der Waals surface area (Å²) in [6.45, 7) is 1.73. The summed E-state index contributed by atoms with van der Waals surface area (Å²) < 4.78 is 13.3. The maximum absolute atomic E-state index is 13.3. The number of nitrogens with zero attached hydrogens (tertiary/aromatic N) is 2. The van der Waals surface area contributed by atoms with Crippen molar-refractivity contribution in [3.63, 3.8) is 0 Å². The summed E-state index contributed by atoms with van der Waals surface area (Å²) in [6, 6.07) is 8.72. The first-order valence-corrected chi connectivity index (χ1v) is 5.98. The van der Waals surface area contributed by atoms with E-state index in [0.29, 0.717) is 17.0 Å². The van der Waals surface area contributed by atoms with Crippen LogP contribution in [0.5, 0.6) is 0 Å². The number of pyridine rings is 1. The zero-order valence-electron chi connectivity index (χ0n) is 10.7. The lowest BCUT2D eigenvalue weighted by atomic mass is 10.1. The van der Waals surface area contributed by atoms with Crippen LogP contribution in [0.3, 0.4) is 0 Å². The average Bonchev–Trinajstić information content (AvgIpc) is 2.84. The molecule has 0 aliphatic rings. The summed E-state index contributed by atoms with van der Waals surface area (Å²) in [5.41, 5.74) is 2.95. The first-order chi connectivity index (χ1) is 9.17. The number of hydrogen-bond acceptors (Lipinski definition) is 3. The number of aryl methyl sites for hydroxylation is 1. The molecule has 0 unspecified atom stereocenters. The molecule has 96 valence electrons. The first-order valence-electron chi connectivity index (χ1n) is 5.98. The van der Waals surface area contributed by atoms with Crippen LogP contribution in [0.15, 0.2) is 30.3 Å². The first kappa shape index (κ1) is 11.6. The molecule has 0 saturated heterocycles. The fraction of sp³-hybridized carbons (Fsp3) is 0.143. The van der Waals surface area contributed by atoms with Crippen molar-refractivity contribution >= 4 is 17.0 Å². The van der Waals surface area contributed by atoms with Gasteiger partial charge in [0.05, 0.1) is 5.52 Å². The van der Waals surface area contributed by atoms with Gasteiger partial charge in [0.15, 0.2) is 5.65 Å². The van der Waals surface area contributed by atoms with E-state index in [1.54, 1.807) is 19.1 Å². The molecule has 2 aromatic heterocycles. The van der Waals surface area contributed by atoms with Crippen molar-refractivity contribution < 1.29 is 4.39 Å². The molecule has 0 spiro atoms. The van der Waals surface area contributed by atoms with Crippen molar-refractivity contribution in [3.05, 3.63) is 41.7 Å². The third-order valence-corrected chi connectivity index (χ3v) is 3.03.